The molecule has 14 heavy (non-hydrogen) atoms. The third kappa shape index (κ3) is 3.19. The molecule has 1 nitrogen and oxygen atoms in total. The molecular weight excluding hydrogens is 216 g/mol. The van der Waals surface area contributed by atoms with E-state index >= 15 is 0 Å². The number of benzene rings is 1. The second-order valence-electron chi connectivity index (χ2n) is 3.21. The van der Waals surface area contributed by atoms with Crippen molar-refractivity contribution in [3.8, 4) is 0 Å². The lowest BCUT2D eigenvalue weighted by molar-refractivity contribution is 0.199. The molecule has 1 aromatic carbocycles. The van der Waals surface area contributed by atoms with Crippen LogP contribution < -0.4 is 0 Å². The topological polar surface area (TPSA) is 20.2 Å². The van der Waals surface area contributed by atoms with Crippen molar-refractivity contribution >= 4 is 23.4 Å². The molecule has 1 N–H and O–H groups in total. The molecule has 1 aromatic rings. The van der Waals surface area contributed by atoms with Gasteiger partial charge in [0.15, 0.2) is 0 Å². The van der Waals surface area contributed by atoms with Gasteiger partial charge in [0.05, 0.1) is 11.1 Å². The smallest absolute Gasteiger partial charge is 0.0762 e. The van der Waals surface area contributed by atoms with E-state index in [0.717, 1.165) is 27.7 Å². The molecule has 0 saturated heterocycles. The molecule has 78 valence electrons. The monoisotopic (exact) mass is 230 g/mol. The van der Waals surface area contributed by atoms with Gasteiger partial charge in [-0.05, 0) is 36.8 Å². The van der Waals surface area contributed by atoms with Crippen molar-refractivity contribution in [1.29, 1.82) is 0 Å². The van der Waals surface area contributed by atoms with Gasteiger partial charge in [-0.1, -0.05) is 24.6 Å². The number of hydrogen-bond acceptors (Lipinski definition) is 2. The van der Waals surface area contributed by atoms with Crippen LogP contribution in [0.4, 0.5) is 0 Å². The molecule has 0 aliphatic rings. The van der Waals surface area contributed by atoms with Gasteiger partial charge in [-0.15, -0.1) is 11.8 Å². The minimum atomic E-state index is -0.447. The predicted octanol–water partition coefficient (Wildman–Crippen LogP) is 3.90. The van der Waals surface area contributed by atoms with E-state index in [4.69, 9.17) is 11.6 Å². The van der Waals surface area contributed by atoms with Crippen LogP contribution in [0.5, 0.6) is 0 Å². The Hall–Kier alpha value is -0.180. The van der Waals surface area contributed by atoms with Crippen LogP contribution in [-0.2, 0) is 0 Å². The number of aliphatic hydroxyl groups excluding tert-OH is 1. The van der Waals surface area contributed by atoms with E-state index in [9.17, 15) is 5.11 Å². The first-order valence-corrected chi connectivity index (χ1v) is 6.11. The van der Waals surface area contributed by atoms with E-state index in [0.29, 0.717) is 0 Å². The van der Waals surface area contributed by atoms with Gasteiger partial charge in [0.1, 0.15) is 0 Å². The Morgan fingerprint density at radius 2 is 2.21 bits per heavy atom. The molecule has 0 fully saturated rings. The van der Waals surface area contributed by atoms with Gasteiger partial charge in [-0.25, -0.2) is 0 Å². The van der Waals surface area contributed by atoms with Crippen LogP contribution in [0.15, 0.2) is 23.1 Å². The van der Waals surface area contributed by atoms with E-state index in [1.54, 1.807) is 18.7 Å². The fraction of sp³-hybridized carbons (Fsp3) is 0.455. The van der Waals surface area contributed by atoms with Gasteiger partial charge >= 0.3 is 0 Å². The van der Waals surface area contributed by atoms with Crippen LogP contribution in [0.3, 0.4) is 0 Å². The largest absolute Gasteiger partial charge is 0.389 e. The molecule has 0 heterocycles. The van der Waals surface area contributed by atoms with Gasteiger partial charge in [0, 0.05) is 4.90 Å². The Morgan fingerprint density at radius 3 is 2.71 bits per heavy atom. The Morgan fingerprint density at radius 1 is 1.50 bits per heavy atom. The summed E-state index contributed by atoms with van der Waals surface area (Å²) in [6, 6.07) is 5.74. The molecule has 0 aliphatic heterocycles. The van der Waals surface area contributed by atoms with Crippen molar-refractivity contribution < 1.29 is 5.11 Å². The van der Waals surface area contributed by atoms with E-state index in [2.05, 4.69) is 6.92 Å². The average Bonchev–Trinajstić information content (AvgIpc) is 2.15. The fourth-order valence-corrected chi connectivity index (χ4v) is 2.24. The first-order valence-electron chi connectivity index (χ1n) is 4.75. The van der Waals surface area contributed by atoms with Crippen molar-refractivity contribution in [2.24, 2.45) is 0 Å². The summed E-state index contributed by atoms with van der Waals surface area (Å²) >= 11 is 7.83. The fourth-order valence-electron chi connectivity index (χ4n) is 1.11. The molecule has 3 heteroatoms. The molecule has 0 aliphatic carbocycles. The zero-order valence-electron chi connectivity index (χ0n) is 8.46. The highest BCUT2D eigenvalue weighted by atomic mass is 35.5. The van der Waals surface area contributed by atoms with Gasteiger partial charge < -0.3 is 5.11 Å². The van der Waals surface area contributed by atoms with Crippen molar-refractivity contribution in [2.45, 2.75) is 31.3 Å². The van der Waals surface area contributed by atoms with Crippen LogP contribution in [0.1, 0.15) is 31.9 Å². The highest BCUT2D eigenvalue weighted by Gasteiger charge is 2.05. The average molecular weight is 231 g/mol. The first-order chi connectivity index (χ1) is 6.65. The van der Waals surface area contributed by atoms with Crippen LogP contribution in [0.2, 0.25) is 5.02 Å². The molecular formula is C11H15ClOS. The zero-order valence-corrected chi connectivity index (χ0v) is 10.0. The maximum atomic E-state index is 9.35. The lowest BCUT2D eigenvalue weighted by Gasteiger charge is -2.08. The third-order valence-corrected chi connectivity index (χ3v) is 3.60. The van der Waals surface area contributed by atoms with Crippen LogP contribution in [-0.4, -0.2) is 10.9 Å². The lowest BCUT2D eigenvalue weighted by Crippen LogP contribution is -1.91. The third-order valence-electron chi connectivity index (χ3n) is 1.90. The maximum absolute atomic E-state index is 9.35. The van der Waals surface area contributed by atoms with E-state index in [1.165, 1.54) is 0 Å². The summed E-state index contributed by atoms with van der Waals surface area (Å²) in [5, 5.41) is 10.1. The zero-order chi connectivity index (χ0) is 10.6. The van der Waals surface area contributed by atoms with Gasteiger partial charge in [-0.3, -0.25) is 0 Å². The molecule has 0 saturated carbocycles. The van der Waals surface area contributed by atoms with E-state index < -0.39 is 6.10 Å². The number of aliphatic hydroxyl groups is 1. The highest BCUT2D eigenvalue weighted by Crippen LogP contribution is 2.29. The Bertz CT molecular complexity index is 299. The van der Waals surface area contributed by atoms with Gasteiger partial charge in [-0.2, -0.15) is 0 Å². The summed E-state index contributed by atoms with van der Waals surface area (Å²) in [7, 11) is 0. The standard InChI is InChI=1S/C11H15ClOS/c1-3-6-14-11-5-4-9(8(2)13)7-10(11)12/h4-5,7-8,13H,3,6H2,1-2H3/t8-/m1/s1. The summed E-state index contributed by atoms with van der Waals surface area (Å²) in [5.41, 5.74) is 0.871. The molecule has 0 aromatic heterocycles. The summed E-state index contributed by atoms with van der Waals surface area (Å²) in [5.74, 6) is 1.08. The first kappa shape index (κ1) is 11.9. The summed E-state index contributed by atoms with van der Waals surface area (Å²) in [6.07, 6.45) is 0.691. The highest BCUT2D eigenvalue weighted by molar-refractivity contribution is 7.99. The molecule has 1 rings (SSSR count). The predicted molar refractivity (Wildman–Crippen MR) is 63.1 cm³/mol. The Labute approximate surface area is 94.5 Å². The number of rotatable bonds is 4. The van der Waals surface area contributed by atoms with Gasteiger partial charge in [0.2, 0.25) is 0 Å². The molecule has 0 spiro atoms. The lowest BCUT2D eigenvalue weighted by atomic mass is 10.1. The van der Waals surface area contributed by atoms with Crippen LogP contribution in [0.25, 0.3) is 0 Å². The molecule has 1 atom stereocenters. The minimum Gasteiger partial charge on any atom is -0.389 e. The molecule has 0 bridgehead atoms. The van der Waals surface area contributed by atoms with E-state index in [-0.39, 0.29) is 0 Å². The Kier molecular flexibility index (Phi) is 4.79. The Balaban J connectivity index is 2.79. The van der Waals surface area contributed by atoms with Gasteiger partial charge in [0.25, 0.3) is 0 Å². The molecule has 0 unspecified atom stereocenters. The minimum absolute atomic E-state index is 0.447. The molecule has 0 radical (unpaired) electrons. The number of halogens is 1. The number of thioether (sulfide) groups is 1. The van der Waals surface area contributed by atoms with Crippen LogP contribution in [0, 0.1) is 0 Å². The maximum Gasteiger partial charge on any atom is 0.0762 e. The second-order valence-corrected chi connectivity index (χ2v) is 4.76. The van der Waals surface area contributed by atoms with Crippen molar-refractivity contribution in [3.05, 3.63) is 28.8 Å². The van der Waals surface area contributed by atoms with Crippen molar-refractivity contribution in [1.82, 2.24) is 0 Å². The molecule has 0 amide bonds. The second kappa shape index (κ2) is 5.64. The quantitative estimate of drug-likeness (QED) is 0.792. The van der Waals surface area contributed by atoms with Crippen LogP contribution >= 0.6 is 23.4 Å². The summed E-state index contributed by atoms with van der Waals surface area (Å²) in [4.78, 5) is 1.10. The number of hydrogen-bond donors (Lipinski definition) is 1. The summed E-state index contributed by atoms with van der Waals surface area (Å²) in [6.45, 7) is 3.88. The van der Waals surface area contributed by atoms with Crippen molar-refractivity contribution in [3.63, 3.8) is 0 Å². The normalized spacial score (nSPS) is 12.9. The summed E-state index contributed by atoms with van der Waals surface area (Å²) < 4.78 is 0. The van der Waals surface area contributed by atoms with E-state index in [1.807, 2.05) is 18.2 Å². The SMILES string of the molecule is CCCSc1ccc([C@@H](C)O)cc1Cl. The van der Waals surface area contributed by atoms with Crippen molar-refractivity contribution in [2.75, 3.05) is 5.75 Å².